The normalized spacial score (nSPS) is 12.5. The van der Waals surface area contributed by atoms with Gasteiger partial charge in [0.25, 0.3) is 0 Å². The number of carbonyl (C=O) groups is 2. The minimum absolute atomic E-state index is 0.124. The molecule has 0 heterocycles. The van der Waals surface area contributed by atoms with E-state index < -0.39 is 34.1 Å². The number of hydrogen-bond donors (Lipinski definition) is 1. The quantitative estimate of drug-likeness (QED) is 0.345. The SMILES string of the molecule is Cc1cccc(N(CC(=O)N(Cc2cccc(Br)c2)C(Cc2ccccc2)C(=O)NC(C)(C)C)S(C)(=O)=O)c1. The van der Waals surface area contributed by atoms with Gasteiger partial charge in [-0.05, 0) is 68.7 Å². The number of benzene rings is 3. The Hall–Kier alpha value is -3.17. The van der Waals surface area contributed by atoms with Gasteiger partial charge in [-0.25, -0.2) is 8.42 Å². The summed E-state index contributed by atoms with van der Waals surface area (Å²) in [7, 11) is -3.80. The Morgan fingerprint density at radius 3 is 2.15 bits per heavy atom. The van der Waals surface area contributed by atoms with Gasteiger partial charge in [0.2, 0.25) is 21.8 Å². The maximum Gasteiger partial charge on any atom is 0.244 e. The van der Waals surface area contributed by atoms with Gasteiger partial charge in [0, 0.05) is 23.0 Å². The van der Waals surface area contributed by atoms with Crippen LogP contribution < -0.4 is 9.62 Å². The van der Waals surface area contributed by atoms with E-state index in [1.54, 1.807) is 18.2 Å². The zero-order valence-electron chi connectivity index (χ0n) is 23.0. The Bertz CT molecular complexity index is 1400. The summed E-state index contributed by atoms with van der Waals surface area (Å²) < 4.78 is 27.6. The van der Waals surface area contributed by atoms with E-state index >= 15 is 0 Å². The van der Waals surface area contributed by atoms with E-state index in [1.807, 2.05) is 88.4 Å². The van der Waals surface area contributed by atoms with Crippen LogP contribution >= 0.6 is 15.9 Å². The number of halogens is 1. The Kier molecular flexibility index (Phi) is 9.96. The average molecular weight is 615 g/mol. The van der Waals surface area contributed by atoms with Gasteiger partial charge in [-0.1, -0.05) is 70.5 Å². The molecule has 3 aromatic carbocycles. The number of anilines is 1. The third-order valence-corrected chi connectivity index (χ3v) is 7.61. The van der Waals surface area contributed by atoms with Crippen molar-refractivity contribution < 1.29 is 18.0 Å². The lowest BCUT2D eigenvalue weighted by Gasteiger charge is -2.35. The predicted molar refractivity (Wildman–Crippen MR) is 160 cm³/mol. The highest BCUT2D eigenvalue weighted by Crippen LogP contribution is 2.22. The molecule has 208 valence electrons. The number of nitrogens with one attached hydrogen (secondary N) is 1. The molecule has 7 nitrogen and oxygen atoms in total. The summed E-state index contributed by atoms with van der Waals surface area (Å²) in [6.45, 7) is 7.19. The molecule has 9 heteroatoms. The van der Waals surface area contributed by atoms with Crippen molar-refractivity contribution in [2.24, 2.45) is 0 Å². The summed E-state index contributed by atoms with van der Waals surface area (Å²) in [6.07, 6.45) is 1.35. The first-order chi connectivity index (χ1) is 18.2. The van der Waals surface area contributed by atoms with Crippen LogP contribution in [0.4, 0.5) is 5.69 Å². The molecule has 0 aliphatic heterocycles. The molecule has 1 N–H and O–H groups in total. The predicted octanol–water partition coefficient (Wildman–Crippen LogP) is 5.08. The van der Waals surface area contributed by atoms with Gasteiger partial charge in [0.05, 0.1) is 11.9 Å². The molecule has 0 aliphatic rings. The highest BCUT2D eigenvalue weighted by molar-refractivity contribution is 9.10. The molecule has 1 unspecified atom stereocenters. The number of carbonyl (C=O) groups excluding carboxylic acids is 2. The number of sulfonamides is 1. The number of nitrogens with zero attached hydrogens (tertiary/aromatic N) is 2. The number of hydrogen-bond acceptors (Lipinski definition) is 4. The second-order valence-corrected chi connectivity index (χ2v) is 13.5. The number of rotatable bonds is 10. The minimum atomic E-state index is -3.80. The van der Waals surface area contributed by atoms with Crippen LogP contribution in [0.5, 0.6) is 0 Å². The molecule has 3 aromatic rings. The zero-order valence-corrected chi connectivity index (χ0v) is 25.4. The van der Waals surface area contributed by atoms with Crippen molar-refractivity contribution in [1.82, 2.24) is 10.2 Å². The van der Waals surface area contributed by atoms with Gasteiger partial charge in [0.15, 0.2) is 0 Å². The standard InChI is InChI=1S/C30H36BrN3O4S/c1-22-11-9-16-26(17-22)34(39(5,37)38)21-28(35)33(20-24-14-10-15-25(31)18-24)27(29(36)32-30(2,3)4)19-23-12-7-6-8-13-23/h6-18,27H,19-21H2,1-5H3,(H,32,36). The molecule has 0 bridgehead atoms. The molecule has 2 amide bonds. The maximum atomic E-state index is 14.1. The van der Waals surface area contributed by atoms with Crippen LogP contribution in [0.1, 0.15) is 37.5 Å². The van der Waals surface area contributed by atoms with Crippen LogP contribution in [0.25, 0.3) is 0 Å². The minimum Gasteiger partial charge on any atom is -0.350 e. The first kappa shape index (κ1) is 30.4. The first-order valence-electron chi connectivity index (χ1n) is 12.7. The van der Waals surface area contributed by atoms with E-state index in [2.05, 4.69) is 21.2 Å². The summed E-state index contributed by atoms with van der Waals surface area (Å²) in [4.78, 5) is 29.3. The monoisotopic (exact) mass is 613 g/mol. The number of aryl methyl sites for hydroxylation is 1. The van der Waals surface area contributed by atoms with E-state index in [1.165, 1.54) is 4.90 Å². The van der Waals surface area contributed by atoms with Crippen LogP contribution in [0, 0.1) is 6.92 Å². The van der Waals surface area contributed by atoms with Crippen molar-refractivity contribution in [3.05, 3.63) is 100 Å². The maximum absolute atomic E-state index is 14.1. The molecule has 0 aromatic heterocycles. The van der Waals surface area contributed by atoms with E-state index in [0.717, 1.165) is 31.7 Å². The molecule has 1 atom stereocenters. The average Bonchev–Trinajstić information content (AvgIpc) is 2.83. The lowest BCUT2D eigenvalue weighted by atomic mass is 10.0. The fourth-order valence-corrected chi connectivity index (χ4v) is 5.52. The molecule has 0 radical (unpaired) electrons. The Morgan fingerprint density at radius 2 is 1.56 bits per heavy atom. The summed E-state index contributed by atoms with van der Waals surface area (Å²) in [5, 5.41) is 3.02. The van der Waals surface area contributed by atoms with Crippen molar-refractivity contribution >= 4 is 43.5 Å². The van der Waals surface area contributed by atoms with E-state index in [4.69, 9.17) is 0 Å². The third-order valence-electron chi connectivity index (χ3n) is 5.98. The molecular weight excluding hydrogens is 578 g/mol. The van der Waals surface area contributed by atoms with Crippen molar-refractivity contribution in [3.63, 3.8) is 0 Å². The number of amides is 2. The molecule has 0 aliphatic carbocycles. The van der Waals surface area contributed by atoms with Crippen LogP contribution in [-0.4, -0.2) is 49.5 Å². The van der Waals surface area contributed by atoms with E-state index in [0.29, 0.717) is 5.69 Å². The lowest BCUT2D eigenvalue weighted by molar-refractivity contribution is -0.140. The van der Waals surface area contributed by atoms with Gasteiger partial charge >= 0.3 is 0 Å². The van der Waals surface area contributed by atoms with Gasteiger partial charge in [-0.2, -0.15) is 0 Å². The molecule has 0 spiro atoms. The van der Waals surface area contributed by atoms with Crippen LogP contribution in [0.2, 0.25) is 0 Å². The molecular formula is C30H36BrN3O4S. The van der Waals surface area contributed by atoms with E-state index in [9.17, 15) is 18.0 Å². The first-order valence-corrected chi connectivity index (χ1v) is 15.3. The van der Waals surface area contributed by atoms with Gasteiger partial charge in [-0.3, -0.25) is 13.9 Å². The van der Waals surface area contributed by atoms with Crippen LogP contribution in [0.3, 0.4) is 0 Å². The fourth-order valence-electron chi connectivity index (χ4n) is 4.24. The largest absolute Gasteiger partial charge is 0.350 e. The Morgan fingerprint density at radius 1 is 0.923 bits per heavy atom. The second kappa shape index (κ2) is 12.8. The highest BCUT2D eigenvalue weighted by atomic mass is 79.9. The van der Waals surface area contributed by atoms with Crippen molar-refractivity contribution in [2.75, 3.05) is 17.1 Å². The molecule has 0 saturated carbocycles. The third kappa shape index (κ3) is 9.21. The smallest absolute Gasteiger partial charge is 0.244 e. The topological polar surface area (TPSA) is 86.8 Å². The molecule has 39 heavy (non-hydrogen) atoms. The van der Waals surface area contributed by atoms with Crippen molar-refractivity contribution in [1.29, 1.82) is 0 Å². The lowest BCUT2D eigenvalue weighted by Crippen LogP contribution is -2.56. The van der Waals surface area contributed by atoms with Gasteiger partial charge in [-0.15, -0.1) is 0 Å². The Labute approximate surface area is 240 Å². The Balaban J connectivity index is 2.08. The van der Waals surface area contributed by atoms with Crippen molar-refractivity contribution in [3.8, 4) is 0 Å². The summed E-state index contributed by atoms with van der Waals surface area (Å²) in [5.41, 5.74) is 2.42. The molecule has 0 fully saturated rings. The zero-order chi connectivity index (χ0) is 28.8. The fraction of sp³-hybridized carbons (Fsp3) is 0.333. The van der Waals surface area contributed by atoms with E-state index in [-0.39, 0.29) is 18.9 Å². The highest BCUT2D eigenvalue weighted by Gasteiger charge is 2.34. The summed E-state index contributed by atoms with van der Waals surface area (Å²) >= 11 is 3.48. The van der Waals surface area contributed by atoms with Crippen molar-refractivity contribution in [2.45, 2.75) is 52.2 Å². The molecule has 3 rings (SSSR count). The van der Waals surface area contributed by atoms with Crippen LogP contribution in [-0.2, 0) is 32.6 Å². The van der Waals surface area contributed by atoms with Crippen LogP contribution in [0.15, 0.2) is 83.3 Å². The second-order valence-electron chi connectivity index (χ2n) is 10.7. The van der Waals surface area contributed by atoms with Gasteiger partial charge < -0.3 is 10.2 Å². The van der Waals surface area contributed by atoms with Gasteiger partial charge in [0.1, 0.15) is 12.6 Å². The summed E-state index contributed by atoms with van der Waals surface area (Å²) in [5.74, 6) is -0.789. The molecule has 0 saturated heterocycles. The summed E-state index contributed by atoms with van der Waals surface area (Å²) in [6, 6.07) is 23.1.